The van der Waals surface area contributed by atoms with E-state index in [9.17, 15) is 4.79 Å². The minimum absolute atomic E-state index is 0.133. The number of esters is 1. The molecule has 0 bridgehead atoms. The van der Waals surface area contributed by atoms with Crippen LogP contribution < -0.4 is 0 Å². The summed E-state index contributed by atoms with van der Waals surface area (Å²) in [4.78, 5) is 11.3. The average Bonchev–Trinajstić information content (AvgIpc) is 2.62. The molecule has 0 aromatic heterocycles. The molecular weight excluding hydrogens is 316 g/mol. The van der Waals surface area contributed by atoms with Gasteiger partial charge in [0.2, 0.25) is 0 Å². The molecule has 142 valence electrons. The molecule has 0 fully saturated rings. The van der Waals surface area contributed by atoms with Gasteiger partial charge in [0.15, 0.2) is 0 Å². The van der Waals surface area contributed by atoms with E-state index in [1.165, 1.54) is 0 Å². The largest absolute Gasteiger partial charge is 0.463 e. The molecule has 0 rings (SSSR count). The number of rotatable bonds is 15. The van der Waals surface area contributed by atoms with Gasteiger partial charge in [-0.1, -0.05) is 55.5 Å². The smallest absolute Gasteiger partial charge is 0.305 e. The maximum atomic E-state index is 11.3. The molecule has 0 radical (unpaired) electrons. The molecule has 4 nitrogen and oxygen atoms in total. The van der Waals surface area contributed by atoms with Gasteiger partial charge in [-0.05, 0) is 44.9 Å². The highest BCUT2D eigenvalue weighted by atomic mass is 16.5. The fourth-order valence-corrected chi connectivity index (χ4v) is 1.94. The second-order valence-electron chi connectivity index (χ2n) is 5.77. The van der Waals surface area contributed by atoms with Crippen molar-refractivity contribution in [1.29, 1.82) is 0 Å². The third kappa shape index (κ3) is 18.5. The van der Waals surface area contributed by atoms with E-state index in [-0.39, 0.29) is 19.2 Å². The standard InChI is InChI=1S/C21H34O4/c1-2-3-4-5-6-7-8-9-10-11-12-13-14-15-16-17-21(24)25-19-20(23)18-22/h3-4,6-7,9-10,12-13,20,22-23H,2,5,8,11,14-19H2,1H3/b4-3+,7-6+,10-9+,13-12+/t20-/m0/s1. The number of aliphatic hydroxyl groups is 2. The minimum atomic E-state index is -0.978. The molecule has 0 unspecified atom stereocenters. The van der Waals surface area contributed by atoms with Crippen LogP contribution in [0, 0.1) is 0 Å². The van der Waals surface area contributed by atoms with Gasteiger partial charge < -0.3 is 14.9 Å². The van der Waals surface area contributed by atoms with Crippen LogP contribution in [0.2, 0.25) is 0 Å². The van der Waals surface area contributed by atoms with Gasteiger partial charge in [-0.3, -0.25) is 4.79 Å². The van der Waals surface area contributed by atoms with Crippen LogP contribution >= 0.6 is 0 Å². The maximum Gasteiger partial charge on any atom is 0.305 e. The van der Waals surface area contributed by atoms with E-state index < -0.39 is 6.10 Å². The highest BCUT2D eigenvalue weighted by Crippen LogP contribution is 2.03. The monoisotopic (exact) mass is 350 g/mol. The van der Waals surface area contributed by atoms with E-state index in [4.69, 9.17) is 14.9 Å². The van der Waals surface area contributed by atoms with Crippen LogP contribution in [-0.2, 0) is 9.53 Å². The summed E-state index contributed by atoms with van der Waals surface area (Å²) in [6, 6.07) is 0. The Hall–Kier alpha value is -1.65. The minimum Gasteiger partial charge on any atom is -0.463 e. The molecule has 0 aromatic rings. The topological polar surface area (TPSA) is 66.8 Å². The Labute approximate surface area is 152 Å². The lowest BCUT2D eigenvalue weighted by Gasteiger charge is -2.07. The van der Waals surface area contributed by atoms with Gasteiger partial charge in [-0.15, -0.1) is 0 Å². The lowest BCUT2D eigenvalue weighted by molar-refractivity contribution is -0.147. The summed E-state index contributed by atoms with van der Waals surface area (Å²) in [5, 5.41) is 17.7. The van der Waals surface area contributed by atoms with Crippen LogP contribution in [0.15, 0.2) is 48.6 Å². The molecule has 0 amide bonds. The predicted octanol–water partition coefficient (Wildman–Crippen LogP) is 4.25. The molecule has 0 aromatic carbocycles. The van der Waals surface area contributed by atoms with Crippen LogP contribution in [0.4, 0.5) is 0 Å². The summed E-state index contributed by atoms with van der Waals surface area (Å²) in [5.41, 5.74) is 0. The van der Waals surface area contributed by atoms with E-state index in [2.05, 4.69) is 55.5 Å². The molecule has 0 heterocycles. The van der Waals surface area contributed by atoms with E-state index in [0.29, 0.717) is 6.42 Å². The normalized spacial score (nSPS) is 13.6. The van der Waals surface area contributed by atoms with Gasteiger partial charge in [0.1, 0.15) is 12.7 Å². The second-order valence-corrected chi connectivity index (χ2v) is 5.77. The third-order valence-corrected chi connectivity index (χ3v) is 3.37. The fraction of sp³-hybridized carbons (Fsp3) is 0.571. The Morgan fingerprint density at radius 2 is 1.48 bits per heavy atom. The summed E-state index contributed by atoms with van der Waals surface area (Å²) in [5.74, 6) is -0.322. The quantitative estimate of drug-likeness (QED) is 0.263. The Bertz CT molecular complexity index is 422. The summed E-state index contributed by atoms with van der Waals surface area (Å²) >= 11 is 0. The second kappa shape index (κ2) is 18.7. The van der Waals surface area contributed by atoms with E-state index in [1.807, 2.05) is 0 Å². The number of allylic oxidation sites excluding steroid dienone is 8. The van der Waals surface area contributed by atoms with Crippen molar-refractivity contribution < 1.29 is 19.7 Å². The number of unbranched alkanes of at least 4 members (excludes halogenated alkanes) is 2. The summed E-state index contributed by atoms with van der Waals surface area (Å²) in [6.45, 7) is 1.61. The highest BCUT2D eigenvalue weighted by Gasteiger charge is 2.06. The molecule has 0 saturated heterocycles. The molecule has 25 heavy (non-hydrogen) atoms. The highest BCUT2D eigenvalue weighted by molar-refractivity contribution is 5.69. The maximum absolute atomic E-state index is 11.3. The Morgan fingerprint density at radius 1 is 0.920 bits per heavy atom. The number of carbonyl (C=O) groups excluding carboxylic acids is 1. The van der Waals surface area contributed by atoms with Crippen LogP contribution in [0.3, 0.4) is 0 Å². The van der Waals surface area contributed by atoms with Crippen LogP contribution in [0.5, 0.6) is 0 Å². The first-order valence-corrected chi connectivity index (χ1v) is 9.25. The first-order valence-electron chi connectivity index (χ1n) is 9.25. The molecule has 2 N–H and O–H groups in total. The molecule has 0 aliphatic heterocycles. The molecule has 0 aliphatic carbocycles. The van der Waals surface area contributed by atoms with Gasteiger partial charge in [-0.2, -0.15) is 0 Å². The van der Waals surface area contributed by atoms with Crippen molar-refractivity contribution in [2.24, 2.45) is 0 Å². The summed E-state index contributed by atoms with van der Waals surface area (Å²) in [7, 11) is 0. The Morgan fingerprint density at radius 3 is 2.04 bits per heavy atom. The molecule has 1 atom stereocenters. The van der Waals surface area contributed by atoms with Crippen LogP contribution in [-0.4, -0.2) is 35.5 Å². The number of ether oxygens (including phenoxy) is 1. The van der Waals surface area contributed by atoms with Gasteiger partial charge in [0.05, 0.1) is 6.61 Å². The molecule has 0 aliphatic rings. The van der Waals surface area contributed by atoms with E-state index in [1.54, 1.807) is 0 Å². The van der Waals surface area contributed by atoms with Crippen molar-refractivity contribution in [3.8, 4) is 0 Å². The fourth-order valence-electron chi connectivity index (χ4n) is 1.94. The number of aliphatic hydroxyl groups excluding tert-OH is 2. The predicted molar refractivity (Wildman–Crippen MR) is 103 cm³/mol. The zero-order chi connectivity index (χ0) is 18.6. The zero-order valence-electron chi connectivity index (χ0n) is 15.5. The van der Waals surface area contributed by atoms with Gasteiger partial charge >= 0.3 is 5.97 Å². The van der Waals surface area contributed by atoms with Gasteiger partial charge in [-0.25, -0.2) is 0 Å². The summed E-state index contributed by atoms with van der Waals surface area (Å²) in [6.07, 6.45) is 23.4. The summed E-state index contributed by atoms with van der Waals surface area (Å²) < 4.78 is 4.83. The number of hydrogen-bond donors (Lipinski definition) is 2. The zero-order valence-corrected chi connectivity index (χ0v) is 15.5. The Kier molecular flexibility index (Phi) is 17.5. The number of carbonyl (C=O) groups is 1. The van der Waals surface area contributed by atoms with Crippen LogP contribution in [0.1, 0.15) is 58.3 Å². The lowest BCUT2D eigenvalue weighted by atomic mass is 10.2. The molecule has 0 saturated carbocycles. The van der Waals surface area contributed by atoms with Crippen molar-refractivity contribution in [2.45, 2.75) is 64.4 Å². The van der Waals surface area contributed by atoms with Gasteiger partial charge in [0.25, 0.3) is 0 Å². The van der Waals surface area contributed by atoms with E-state index in [0.717, 1.165) is 44.9 Å². The van der Waals surface area contributed by atoms with Crippen LogP contribution in [0.25, 0.3) is 0 Å². The molecule has 4 heteroatoms. The third-order valence-electron chi connectivity index (χ3n) is 3.37. The van der Waals surface area contributed by atoms with Crippen molar-refractivity contribution in [1.82, 2.24) is 0 Å². The number of hydrogen-bond acceptors (Lipinski definition) is 4. The van der Waals surface area contributed by atoms with Crippen molar-refractivity contribution >= 4 is 5.97 Å². The lowest BCUT2D eigenvalue weighted by Crippen LogP contribution is -2.21. The van der Waals surface area contributed by atoms with Gasteiger partial charge in [0, 0.05) is 6.42 Å². The molecular formula is C21H34O4. The first-order chi connectivity index (χ1) is 12.2. The van der Waals surface area contributed by atoms with E-state index >= 15 is 0 Å². The molecule has 0 spiro atoms. The Balaban J connectivity index is 3.47. The van der Waals surface area contributed by atoms with Crippen molar-refractivity contribution in [3.05, 3.63) is 48.6 Å². The SMILES string of the molecule is CC/C=C/C/C=C/C/C=C/C/C=C/CCCCC(=O)OC[C@@H](O)CO. The van der Waals surface area contributed by atoms with Crippen molar-refractivity contribution in [3.63, 3.8) is 0 Å². The first kappa shape index (κ1) is 23.4. The van der Waals surface area contributed by atoms with Crippen molar-refractivity contribution in [2.75, 3.05) is 13.2 Å². The average molecular weight is 350 g/mol.